The first kappa shape index (κ1) is 13.6. The molecule has 0 saturated heterocycles. The molecule has 2 aromatic rings. The molecule has 0 saturated carbocycles. The Morgan fingerprint density at radius 2 is 2.05 bits per heavy atom. The highest BCUT2D eigenvalue weighted by atomic mass is 16.6. The Labute approximate surface area is 115 Å². The van der Waals surface area contributed by atoms with Gasteiger partial charge in [-0.05, 0) is 29.8 Å². The maximum absolute atomic E-state index is 11.8. The maximum Gasteiger partial charge on any atom is 0.276 e. The van der Waals surface area contributed by atoms with Crippen LogP contribution in [0.15, 0.2) is 54.9 Å². The predicted molar refractivity (Wildman–Crippen MR) is 75.1 cm³/mol. The number of ketones is 1. The molecule has 0 bridgehead atoms. The summed E-state index contributed by atoms with van der Waals surface area (Å²) in [6, 6.07) is 9.86. The number of nitro benzene ring substituents is 1. The summed E-state index contributed by atoms with van der Waals surface area (Å²) in [6.45, 7) is 0. The highest BCUT2D eigenvalue weighted by Gasteiger charge is 2.09. The smallest absolute Gasteiger partial charge is 0.276 e. The number of carbonyl (C=O) groups is 1. The number of nitrogens with zero attached hydrogens (tertiary/aromatic N) is 2. The van der Waals surface area contributed by atoms with Gasteiger partial charge in [0.1, 0.15) is 0 Å². The number of hydrogen-bond acceptors (Lipinski definition) is 4. The lowest BCUT2D eigenvalue weighted by Gasteiger charge is -1.97. The highest BCUT2D eigenvalue weighted by molar-refractivity contribution is 5.95. The molecule has 0 aliphatic carbocycles. The summed E-state index contributed by atoms with van der Waals surface area (Å²) in [4.78, 5) is 26.1. The van der Waals surface area contributed by atoms with Gasteiger partial charge >= 0.3 is 0 Å². The molecule has 1 aromatic carbocycles. The highest BCUT2D eigenvalue weighted by Crippen LogP contribution is 2.18. The van der Waals surface area contributed by atoms with Gasteiger partial charge < -0.3 is 0 Å². The van der Waals surface area contributed by atoms with Crippen LogP contribution >= 0.6 is 0 Å². The van der Waals surface area contributed by atoms with E-state index in [1.165, 1.54) is 18.2 Å². The number of nitro groups is 1. The number of para-hydroxylation sites is 1. The van der Waals surface area contributed by atoms with Crippen LogP contribution in [-0.2, 0) is 11.2 Å². The second kappa shape index (κ2) is 6.38. The number of carbonyl (C=O) groups excluding carboxylic acids is 1. The third-order valence-corrected chi connectivity index (χ3v) is 2.68. The van der Waals surface area contributed by atoms with E-state index < -0.39 is 4.92 Å². The zero-order chi connectivity index (χ0) is 14.4. The number of benzene rings is 1. The second-order valence-electron chi connectivity index (χ2n) is 4.15. The largest absolute Gasteiger partial charge is 0.294 e. The molecule has 2 rings (SSSR count). The molecule has 0 aliphatic heterocycles. The van der Waals surface area contributed by atoms with Crippen molar-refractivity contribution < 1.29 is 9.72 Å². The molecule has 0 radical (unpaired) electrons. The van der Waals surface area contributed by atoms with Crippen molar-refractivity contribution >= 4 is 17.5 Å². The predicted octanol–water partition coefficient (Wildman–Crippen LogP) is 2.81. The van der Waals surface area contributed by atoms with Crippen LogP contribution < -0.4 is 0 Å². The maximum atomic E-state index is 11.8. The summed E-state index contributed by atoms with van der Waals surface area (Å²) in [6.07, 6.45) is 6.31. The summed E-state index contributed by atoms with van der Waals surface area (Å²) >= 11 is 0. The van der Waals surface area contributed by atoms with Gasteiger partial charge in [-0.25, -0.2) is 0 Å². The van der Waals surface area contributed by atoms with Crippen molar-refractivity contribution in [1.82, 2.24) is 4.98 Å². The molecule has 5 heteroatoms. The lowest BCUT2D eigenvalue weighted by molar-refractivity contribution is -0.385. The van der Waals surface area contributed by atoms with Gasteiger partial charge in [-0.15, -0.1) is 0 Å². The van der Waals surface area contributed by atoms with Crippen LogP contribution in [0.1, 0.15) is 11.1 Å². The summed E-state index contributed by atoms with van der Waals surface area (Å²) in [5.41, 5.74) is 1.21. The third-order valence-electron chi connectivity index (χ3n) is 2.68. The Balaban J connectivity index is 2.10. The van der Waals surface area contributed by atoms with Crippen molar-refractivity contribution in [3.8, 4) is 0 Å². The van der Waals surface area contributed by atoms with Gasteiger partial charge in [-0.3, -0.25) is 19.9 Å². The van der Waals surface area contributed by atoms with E-state index in [9.17, 15) is 14.9 Å². The van der Waals surface area contributed by atoms with E-state index in [0.717, 1.165) is 5.56 Å². The first-order valence-corrected chi connectivity index (χ1v) is 6.00. The van der Waals surface area contributed by atoms with Gasteiger partial charge in [0.05, 0.1) is 10.5 Å². The van der Waals surface area contributed by atoms with Crippen LogP contribution in [0.2, 0.25) is 0 Å². The normalized spacial score (nSPS) is 10.6. The SMILES string of the molecule is O=C(C=Cc1ccccc1[N+](=O)[O-])Cc1cccnc1. The Morgan fingerprint density at radius 1 is 1.25 bits per heavy atom. The van der Waals surface area contributed by atoms with Crippen LogP contribution in [0, 0.1) is 10.1 Å². The summed E-state index contributed by atoms with van der Waals surface area (Å²) in [5.74, 6) is -0.129. The first-order valence-electron chi connectivity index (χ1n) is 6.00. The fraction of sp³-hybridized carbons (Fsp3) is 0.0667. The minimum Gasteiger partial charge on any atom is -0.294 e. The average molecular weight is 268 g/mol. The van der Waals surface area contributed by atoms with E-state index in [4.69, 9.17) is 0 Å². The molecule has 1 heterocycles. The number of aromatic nitrogens is 1. The van der Waals surface area contributed by atoms with Crippen LogP contribution in [-0.4, -0.2) is 15.7 Å². The molecule has 0 amide bonds. The lowest BCUT2D eigenvalue weighted by atomic mass is 10.1. The molecule has 0 spiro atoms. The Kier molecular flexibility index (Phi) is 4.34. The van der Waals surface area contributed by atoms with Crippen molar-refractivity contribution in [1.29, 1.82) is 0 Å². The van der Waals surface area contributed by atoms with Gasteiger partial charge in [0.2, 0.25) is 0 Å². The molecule has 0 aliphatic rings. The Morgan fingerprint density at radius 3 is 2.75 bits per heavy atom. The quantitative estimate of drug-likeness (QED) is 0.475. The standard InChI is InChI=1S/C15H12N2O3/c18-14(10-12-4-3-9-16-11-12)8-7-13-5-1-2-6-15(13)17(19)20/h1-9,11H,10H2. The number of allylic oxidation sites excluding steroid dienone is 1. The molecule has 0 unspecified atom stereocenters. The average Bonchev–Trinajstić information content (AvgIpc) is 2.46. The van der Waals surface area contributed by atoms with E-state index in [0.29, 0.717) is 5.56 Å². The molecule has 1 aromatic heterocycles. The number of pyridine rings is 1. The van der Waals surface area contributed by atoms with Crippen molar-refractivity contribution in [2.45, 2.75) is 6.42 Å². The van der Waals surface area contributed by atoms with E-state index >= 15 is 0 Å². The van der Waals surface area contributed by atoms with Gasteiger partial charge in [0.25, 0.3) is 5.69 Å². The van der Waals surface area contributed by atoms with Crippen molar-refractivity contribution in [3.05, 3.63) is 76.1 Å². The molecule has 0 N–H and O–H groups in total. The monoisotopic (exact) mass is 268 g/mol. The lowest BCUT2D eigenvalue weighted by Crippen LogP contribution is -1.98. The van der Waals surface area contributed by atoms with E-state index in [2.05, 4.69) is 4.98 Å². The van der Waals surface area contributed by atoms with Crippen molar-refractivity contribution in [3.63, 3.8) is 0 Å². The van der Waals surface area contributed by atoms with Gasteiger partial charge in [0.15, 0.2) is 5.78 Å². The number of rotatable bonds is 5. The molecule has 0 atom stereocenters. The third kappa shape index (κ3) is 3.58. The first-order chi connectivity index (χ1) is 9.66. The molecule has 0 fully saturated rings. The summed E-state index contributed by atoms with van der Waals surface area (Å²) < 4.78 is 0. The molecular weight excluding hydrogens is 256 g/mol. The van der Waals surface area contributed by atoms with Crippen molar-refractivity contribution in [2.75, 3.05) is 0 Å². The van der Waals surface area contributed by atoms with Gasteiger partial charge in [-0.2, -0.15) is 0 Å². The minimum atomic E-state index is -0.467. The van der Waals surface area contributed by atoms with Crippen LogP contribution in [0.3, 0.4) is 0 Å². The zero-order valence-corrected chi connectivity index (χ0v) is 10.6. The second-order valence-corrected chi connectivity index (χ2v) is 4.15. The fourth-order valence-corrected chi connectivity index (χ4v) is 1.74. The van der Waals surface area contributed by atoms with Crippen molar-refractivity contribution in [2.24, 2.45) is 0 Å². The van der Waals surface area contributed by atoms with E-state index in [-0.39, 0.29) is 17.9 Å². The topological polar surface area (TPSA) is 73.1 Å². The zero-order valence-electron chi connectivity index (χ0n) is 10.6. The molecular formula is C15H12N2O3. The van der Waals surface area contributed by atoms with E-state index in [1.807, 2.05) is 6.07 Å². The molecule has 5 nitrogen and oxygen atoms in total. The summed E-state index contributed by atoms with van der Waals surface area (Å²) in [7, 11) is 0. The van der Waals surface area contributed by atoms with Crippen LogP contribution in [0.4, 0.5) is 5.69 Å². The summed E-state index contributed by atoms with van der Waals surface area (Å²) in [5, 5.41) is 10.8. The fourth-order valence-electron chi connectivity index (χ4n) is 1.74. The van der Waals surface area contributed by atoms with Crippen LogP contribution in [0.5, 0.6) is 0 Å². The van der Waals surface area contributed by atoms with E-state index in [1.54, 1.807) is 36.7 Å². The van der Waals surface area contributed by atoms with Crippen LogP contribution in [0.25, 0.3) is 6.08 Å². The number of hydrogen-bond donors (Lipinski definition) is 0. The molecule has 100 valence electrons. The molecule has 20 heavy (non-hydrogen) atoms. The van der Waals surface area contributed by atoms with Gasteiger partial charge in [0, 0.05) is 24.9 Å². The van der Waals surface area contributed by atoms with Gasteiger partial charge in [-0.1, -0.05) is 18.2 Å². The Hall–Kier alpha value is -2.82. The Bertz CT molecular complexity index is 651. The minimum absolute atomic E-state index is 0.0158.